The maximum absolute atomic E-state index is 14.2. The minimum atomic E-state index is -1.01. The molecule has 0 radical (unpaired) electrons. The summed E-state index contributed by atoms with van der Waals surface area (Å²) < 4.78 is 24.1. The van der Waals surface area contributed by atoms with Crippen molar-refractivity contribution in [2.75, 3.05) is 41.0 Å². The van der Waals surface area contributed by atoms with Crippen molar-refractivity contribution in [3.05, 3.63) is 77.9 Å². The van der Waals surface area contributed by atoms with Crippen LogP contribution in [-0.4, -0.2) is 78.8 Å². The Morgan fingerprint density at radius 2 is 1.74 bits per heavy atom. The van der Waals surface area contributed by atoms with Gasteiger partial charge in [-0.25, -0.2) is 4.68 Å². The predicted molar refractivity (Wildman–Crippen MR) is 160 cm³/mol. The van der Waals surface area contributed by atoms with Crippen molar-refractivity contribution >= 4 is 22.8 Å². The second-order valence-electron chi connectivity index (χ2n) is 10.3. The Balaban J connectivity index is 1.55. The lowest BCUT2D eigenvalue weighted by Crippen LogP contribution is -2.47. The van der Waals surface area contributed by atoms with Crippen molar-refractivity contribution in [2.24, 2.45) is 0 Å². The second-order valence-corrected chi connectivity index (χ2v) is 10.3. The normalized spacial score (nSPS) is 15.2. The Morgan fingerprint density at radius 3 is 2.42 bits per heavy atom. The van der Waals surface area contributed by atoms with Crippen LogP contribution in [0.1, 0.15) is 30.0 Å². The zero-order valence-electron chi connectivity index (χ0n) is 24.7. The minimum Gasteiger partial charge on any atom is -0.493 e. The van der Waals surface area contributed by atoms with Crippen LogP contribution in [0, 0.1) is 0 Å². The SMILES string of the molecule is COc1cc([C@H](C(=O)NC[C@@H]2CCCO2)N(CCc2ccccc2)C(=O)Cn2nnc3ccccc32)cc(OC)c1OC. The molecule has 1 fully saturated rings. The average Bonchev–Trinajstić information content (AvgIpc) is 3.72. The Bertz CT molecular complexity index is 1510. The van der Waals surface area contributed by atoms with E-state index in [0.717, 1.165) is 23.9 Å². The van der Waals surface area contributed by atoms with E-state index < -0.39 is 6.04 Å². The van der Waals surface area contributed by atoms with Gasteiger partial charge in [0.1, 0.15) is 18.1 Å². The topological polar surface area (TPSA) is 117 Å². The third-order valence-electron chi connectivity index (χ3n) is 7.60. The maximum atomic E-state index is 14.2. The van der Waals surface area contributed by atoms with E-state index >= 15 is 0 Å². The summed E-state index contributed by atoms with van der Waals surface area (Å²) in [6, 6.07) is 19.7. The van der Waals surface area contributed by atoms with Gasteiger partial charge in [0.2, 0.25) is 17.6 Å². The highest BCUT2D eigenvalue weighted by Gasteiger charge is 2.34. The molecule has 1 aliphatic heterocycles. The molecule has 1 N–H and O–H groups in total. The molecule has 0 aliphatic carbocycles. The van der Waals surface area contributed by atoms with Crippen LogP contribution < -0.4 is 19.5 Å². The lowest BCUT2D eigenvalue weighted by molar-refractivity contribution is -0.141. The molecule has 2 heterocycles. The van der Waals surface area contributed by atoms with E-state index in [-0.39, 0.29) is 31.0 Å². The molecule has 1 aliphatic rings. The number of amides is 2. The van der Waals surface area contributed by atoms with Crippen molar-refractivity contribution < 1.29 is 28.5 Å². The van der Waals surface area contributed by atoms with Crippen LogP contribution in [0.25, 0.3) is 11.0 Å². The minimum absolute atomic E-state index is 0.0699. The number of methoxy groups -OCH3 is 3. The molecule has 0 saturated carbocycles. The molecule has 2 atom stereocenters. The first-order valence-electron chi connectivity index (χ1n) is 14.3. The van der Waals surface area contributed by atoms with Gasteiger partial charge in [-0.15, -0.1) is 5.10 Å². The number of nitrogens with zero attached hydrogens (tertiary/aromatic N) is 4. The zero-order valence-corrected chi connectivity index (χ0v) is 24.7. The number of aromatic nitrogens is 3. The van der Waals surface area contributed by atoms with E-state index in [9.17, 15) is 9.59 Å². The summed E-state index contributed by atoms with van der Waals surface area (Å²) in [6.45, 7) is 1.18. The molecule has 1 saturated heterocycles. The number of rotatable bonds is 13. The Kier molecular flexibility index (Phi) is 9.73. The lowest BCUT2D eigenvalue weighted by atomic mass is 10.0. The monoisotopic (exact) mass is 587 g/mol. The fourth-order valence-corrected chi connectivity index (χ4v) is 5.39. The van der Waals surface area contributed by atoms with Crippen molar-refractivity contribution in [1.82, 2.24) is 25.2 Å². The number of carbonyl (C=O) groups is 2. The highest BCUT2D eigenvalue weighted by Crippen LogP contribution is 2.41. The molecule has 5 rings (SSSR count). The quantitative estimate of drug-likeness (QED) is 0.252. The Hall–Kier alpha value is -4.64. The maximum Gasteiger partial charge on any atom is 0.247 e. The standard InChI is InChI=1S/C32H37N5O6/c1-40-27-18-23(19-28(41-2)31(27)42-3)30(32(39)33-20-24-12-9-17-43-24)36(16-15-22-10-5-4-6-11-22)29(38)21-37-26-14-8-7-13-25(26)34-35-37/h4-8,10-11,13-14,18-19,24,30H,9,12,15-17,20-21H2,1-3H3,(H,33,39)/t24-,30+/m0/s1. The fraction of sp³-hybridized carbons (Fsp3) is 0.375. The molecule has 4 aromatic rings. The molecule has 0 unspecified atom stereocenters. The van der Waals surface area contributed by atoms with Crippen molar-refractivity contribution in [3.63, 3.8) is 0 Å². The predicted octanol–water partition coefficient (Wildman–Crippen LogP) is 3.56. The number of carbonyl (C=O) groups excluding carboxylic acids is 2. The number of hydrogen-bond acceptors (Lipinski definition) is 8. The Labute approximate surface area is 250 Å². The summed E-state index contributed by atoms with van der Waals surface area (Å²) in [5.74, 6) is 0.522. The fourth-order valence-electron chi connectivity index (χ4n) is 5.39. The zero-order chi connectivity index (χ0) is 30.2. The first kappa shape index (κ1) is 29.8. The van der Waals surface area contributed by atoms with Gasteiger partial charge in [-0.2, -0.15) is 0 Å². The molecule has 0 spiro atoms. The number of para-hydroxylation sites is 1. The summed E-state index contributed by atoms with van der Waals surface area (Å²) in [7, 11) is 4.55. The summed E-state index contributed by atoms with van der Waals surface area (Å²) in [5, 5.41) is 11.5. The highest BCUT2D eigenvalue weighted by atomic mass is 16.5. The summed E-state index contributed by atoms with van der Waals surface area (Å²) >= 11 is 0. The number of fused-ring (bicyclic) bond motifs is 1. The molecule has 1 aromatic heterocycles. The summed E-state index contributed by atoms with van der Waals surface area (Å²) in [6.07, 6.45) is 2.28. The third kappa shape index (κ3) is 6.89. The van der Waals surface area contributed by atoms with Crippen molar-refractivity contribution in [3.8, 4) is 17.2 Å². The van der Waals surface area contributed by atoms with Crippen molar-refractivity contribution in [2.45, 2.75) is 38.0 Å². The molecule has 0 bridgehead atoms. The first-order chi connectivity index (χ1) is 21.0. The van der Waals surface area contributed by atoms with Gasteiger partial charge in [0.05, 0.1) is 33.0 Å². The van der Waals surface area contributed by atoms with Crippen LogP contribution in [0.5, 0.6) is 17.2 Å². The van der Waals surface area contributed by atoms with Crippen LogP contribution in [0.15, 0.2) is 66.7 Å². The molecule has 226 valence electrons. The largest absolute Gasteiger partial charge is 0.493 e. The van der Waals surface area contributed by atoms with Gasteiger partial charge in [-0.3, -0.25) is 9.59 Å². The highest BCUT2D eigenvalue weighted by molar-refractivity contribution is 5.89. The summed E-state index contributed by atoms with van der Waals surface area (Å²) in [4.78, 5) is 29.9. The van der Waals surface area contributed by atoms with E-state index in [0.29, 0.717) is 47.9 Å². The number of hydrogen-bond donors (Lipinski definition) is 1. The average molecular weight is 588 g/mol. The molecule has 2 amide bonds. The van der Waals surface area contributed by atoms with Crippen LogP contribution in [-0.2, 0) is 27.3 Å². The lowest BCUT2D eigenvalue weighted by Gasteiger charge is -2.32. The van der Waals surface area contributed by atoms with Gasteiger partial charge < -0.3 is 29.2 Å². The third-order valence-corrected chi connectivity index (χ3v) is 7.60. The number of ether oxygens (including phenoxy) is 4. The second kappa shape index (κ2) is 14.0. The van der Waals surface area contributed by atoms with Crippen LogP contribution in [0.3, 0.4) is 0 Å². The van der Waals surface area contributed by atoms with Gasteiger partial charge in [0.25, 0.3) is 0 Å². The number of nitrogens with one attached hydrogen (secondary N) is 1. The molecular weight excluding hydrogens is 550 g/mol. The molecular formula is C32H37N5O6. The van der Waals surface area contributed by atoms with Crippen LogP contribution >= 0.6 is 0 Å². The van der Waals surface area contributed by atoms with Gasteiger partial charge in [0, 0.05) is 19.7 Å². The van der Waals surface area contributed by atoms with Gasteiger partial charge >= 0.3 is 0 Å². The molecule has 3 aromatic carbocycles. The Morgan fingerprint density at radius 1 is 1.02 bits per heavy atom. The number of benzene rings is 3. The van der Waals surface area contributed by atoms with E-state index in [1.807, 2.05) is 54.6 Å². The van der Waals surface area contributed by atoms with E-state index in [1.54, 1.807) is 21.7 Å². The summed E-state index contributed by atoms with van der Waals surface area (Å²) in [5.41, 5.74) is 2.96. The molecule has 11 heteroatoms. The van der Waals surface area contributed by atoms with Crippen molar-refractivity contribution in [1.29, 1.82) is 0 Å². The van der Waals surface area contributed by atoms with Crippen LogP contribution in [0.2, 0.25) is 0 Å². The van der Waals surface area contributed by atoms with Gasteiger partial charge in [0.15, 0.2) is 11.5 Å². The van der Waals surface area contributed by atoms with E-state index in [1.165, 1.54) is 21.3 Å². The van der Waals surface area contributed by atoms with E-state index in [2.05, 4.69) is 15.6 Å². The van der Waals surface area contributed by atoms with Gasteiger partial charge in [-0.05, 0) is 54.7 Å². The van der Waals surface area contributed by atoms with Gasteiger partial charge in [-0.1, -0.05) is 47.7 Å². The van der Waals surface area contributed by atoms with Crippen LogP contribution in [0.4, 0.5) is 0 Å². The first-order valence-corrected chi connectivity index (χ1v) is 14.3. The molecule has 43 heavy (non-hydrogen) atoms. The smallest absolute Gasteiger partial charge is 0.247 e. The van der Waals surface area contributed by atoms with E-state index in [4.69, 9.17) is 18.9 Å². The molecule has 11 nitrogen and oxygen atoms in total.